The second-order valence-electron chi connectivity index (χ2n) is 6.84. The molecule has 1 fully saturated rings. The molecule has 0 aromatic heterocycles. The van der Waals surface area contributed by atoms with Crippen molar-refractivity contribution in [2.45, 2.75) is 57.6 Å². The lowest BCUT2D eigenvalue weighted by molar-refractivity contribution is -0.123. The minimum atomic E-state index is -0.915. The summed E-state index contributed by atoms with van der Waals surface area (Å²) in [7, 11) is 0. The summed E-state index contributed by atoms with van der Waals surface area (Å²) in [6.07, 6.45) is 2.47. The molecule has 0 aliphatic heterocycles. The van der Waals surface area contributed by atoms with Crippen LogP contribution in [0.4, 0.5) is 10.5 Å². The van der Waals surface area contributed by atoms with Gasteiger partial charge < -0.3 is 10.1 Å². The van der Waals surface area contributed by atoms with Crippen LogP contribution in [0.3, 0.4) is 0 Å². The number of nitrogens with zero attached hydrogens (tertiary/aromatic N) is 1. The molecule has 2 amide bonds. The molecule has 0 unspecified atom stereocenters. The van der Waals surface area contributed by atoms with Crippen molar-refractivity contribution in [1.82, 2.24) is 5.32 Å². The maximum Gasteiger partial charge on any atom is 0.408 e. The lowest BCUT2D eigenvalue weighted by Gasteiger charge is -2.33. The highest BCUT2D eigenvalue weighted by molar-refractivity contribution is 9.10. The zero-order valence-corrected chi connectivity index (χ0v) is 15.4. The van der Waals surface area contributed by atoms with Gasteiger partial charge >= 0.3 is 6.09 Å². The lowest BCUT2D eigenvalue weighted by atomic mass is 9.96. The van der Waals surface area contributed by atoms with Crippen molar-refractivity contribution in [2.24, 2.45) is 0 Å². The van der Waals surface area contributed by atoms with Gasteiger partial charge in [0.2, 0.25) is 0 Å². The molecule has 23 heavy (non-hydrogen) atoms. The summed E-state index contributed by atoms with van der Waals surface area (Å²) in [6, 6.07) is 9.28. The molecule has 5 nitrogen and oxygen atoms in total. The van der Waals surface area contributed by atoms with Crippen LogP contribution in [0, 0.1) is 0 Å². The van der Waals surface area contributed by atoms with E-state index in [1.165, 1.54) is 3.93 Å². The van der Waals surface area contributed by atoms with E-state index in [2.05, 4.69) is 21.5 Å². The van der Waals surface area contributed by atoms with Gasteiger partial charge in [-0.3, -0.25) is 4.79 Å². The van der Waals surface area contributed by atoms with Crippen molar-refractivity contribution in [2.75, 3.05) is 3.93 Å². The maximum absolute atomic E-state index is 13.0. The van der Waals surface area contributed by atoms with E-state index in [1.54, 1.807) is 20.8 Å². The van der Waals surface area contributed by atoms with Crippen molar-refractivity contribution in [3.8, 4) is 0 Å². The van der Waals surface area contributed by atoms with Gasteiger partial charge in [0, 0.05) is 0 Å². The third-order valence-corrected chi connectivity index (χ3v) is 4.50. The fourth-order valence-electron chi connectivity index (χ4n) is 2.73. The third-order valence-electron chi connectivity index (χ3n) is 3.77. The Hall–Kier alpha value is -1.56. The van der Waals surface area contributed by atoms with Crippen LogP contribution >= 0.6 is 16.1 Å². The van der Waals surface area contributed by atoms with E-state index in [9.17, 15) is 9.59 Å². The first-order chi connectivity index (χ1) is 10.7. The summed E-state index contributed by atoms with van der Waals surface area (Å²) in [4.78, 5) is 25.1. The van der Waals surface area contributed by atoms with E-state index in [0.717, 1.165) is 18.5 Å². The van der Waals surface area contributed by atoms with Crippen LogP contribution in [0.1, 0.15) is 46.5 Å². The number of alkyl carbamates (subject to hydrolysis) is 1. The molecule has 0 heterocycles. The molecular formula is C17H23BrN2O3. The predicted octanol–water partition coefficient (Wildman–Crippen LogP) is 4.17. The quantitative estimate of drug-likeness (QED) is 0.798. The Morgan fingerprint density at radius 3 is 2.26 bits per heavy atom. The minimum absolute atomic E-state index is 0.174. The van der Waals surface area contributed by atoms with Gasteiger partial charge in [0.1, 0.15) is 11.1 Å². The normalized spacial score (nSPS) is 16.7. The van der Waals surface area contributed by atoms with Crippen LogP contribution in [0.5, 0.6) is 0 Å². The summed E-state index contributed by atoms with van der Waals surface area (Å²) >= 11 is 3.34. The van der Waals surface area contributed by atoms with Crippen LogP contribution < -0.4 is 9.24 Å². The van der Waals surface area contributed by atoms with Gasteiger partial charge in [-0.15, -0.1) is 0 Å². The van der Waals surface area contributed by atoms with E-state index >= 15 is 0 Å². The second kappa shape index (κ2) is 6.91. The smallest absolute Gasteiger partial charge is 0.408 e. The second-order valence-corrected chi connectivity index (χ2v) is 7.55. The van der Waals surface area contributed by atoms with E-state index in [1.807, 2.05) is 30.3 Å². The Bertz CT molecular complexity index is 563. The molecule has 1 aliphatic carbocycles. The Kier molecular flexibility index (Phi) is 5.34. The first-order valence-electron chi connectivity index (χ1n) is 7.80. The number of halogens is 1. The number of carbonyl (C=O) groups is 2. The number of rotatable bonds is 3. The van der Waals surface area contributed by atoms with Crippen molar-refractivity contribution >= 4 is 33.8 Å². The molecule has 1 aromatic rings. The maximum atomic E-state index is 13.0. The van der Waals surface area contributed by atoms with Crippen molar-refractivity contribution in [3.05, 3.63) is 30.3 Å². The van der Waals surface area contributed by atoms with E-state index in [4.69, 9.17) is 4.74 Å². The average Bonchev–Trinajstić information content (AvgIpc) is 2.94. The molecule has 1 saturated carbocycles. The van der Waals surface area contributed by atoms with Gasteiger partial charge in [0.25, 0.3) is 5.91 Å². The van der Waals surface area contributed by atoms with Gasteiger partial charge in [-0.2, -0.15) is 0 Å². The van der Waals surface area contributed by atoms with Crippen LogP contribution in [-0.4, -0.2) is 23.1 Å². The van der Waals surface area contributed by atoms with E-state index in [-0.39, 0.29) is 5.91 Å². The van der Waals surface area contributed by atoms with Crippen LogP contribution in [0.25, 0.3) is 0 Å². The summed E-state index contributed by atoms with van der Waals surface area (Å²) in [6.45, 7) is 5.41. The molecule has 126 valence electrons. The fourth-order valence-corrected chi connectivity index (χ4v) is 3.31. The van der Waals surface area contributed by atoms with Gasteiger partial charge in [-0.25, -0.2) is 8.72 Å². The first-order valence-corrected chi connectivity index (χ1v) is 8.51. The van der Waals surface area contributed by atoms with Gasteiger partial charge in [-0.1, -0.05) is 31.0 Å². The van der Waals surface area contributed by atoms with Crippen LogP contribution in [0.2, 0.25) is 0 Å². The highest BCUT2D eigenvalue weighted by Gasteiger charge is 2.45. The Morgan fingerprint density at radius 1 is 1.17 bits per heavy atom. The molecule has 1 aromatic carbocycles. The topological polar surface area (TPSA) is 58.6 Å². The standard InChI is InChI=1S/C17H23BrN2O3/c1-16(2,3)23-15(22)19-17(11-7-8-12-17)14(21)20(18)13-9-5-4-6-10-13/h4-6,9-10H,7-8,11-12H2,1-3H3,(H,19,22). The van der Waals surface area contributed by atoms with Crippen molar-refractivity contribution in [1.29, 1.82) is 0 Å². The third kappa shape index (κ3) is 4.47. The average molecular weight is 383 g/mol. The number of anilines is 1. The zero-order chi connectivity index (χ0) is 17.1. The van der Waals surface area contributed by atoms with Crippen LogP contribution in [-0.2, 0) is 9.53 Å². The fraction of sp³-hybridized carbons (Fsp3) is 0.529. The van der Waals surface area contributed by atoms with Gasteiger partial charge in [-0.05, 0) is 45.7 Å². The highest BCUT2D eigenvalue weighted by Crippen LogP contribution is 2.34. The first kappa shape index (κ1) is 17.8. The van der Waals surface area contributed by atoms with Crippen molar-refractivity contribution in [3.63, 3.8) is 0 Å². The number of amides is 2. The van der Waals surface area contributed by atoms with Crippen molar-refractivity contribution < 1.29 is 14.3 Å². The van der Waals surface area contributed by atoms with Gasteiger partial charge in [0.05, 0.1) is 21.8 Å². The molecule has 2 rings (SSSR count). The predicted molar refractivity (Wildman–Crippen MR) is 93.4 cm³/mol. The summed E-state index contributed by atoms with van der Waals surface area (Å²) in [5, 5.41) is 2.82. The molecule has 0 saturated heterocycles. The summed E-state index contributed by atoms with van der Waals surface area (Å²) in [5.74, 6) is -0.174. The molecule has 1 aliphatic rings. The Labute approximate surface area is 145 Å². The number of hydrogen-bond acceptors (Lipinski definition) is 3. The molecule has 0 spiro atoms. The number of benzene rings is 1. The van der Waals surface area contributed by atoms with E-state index < -0.39 is 17.2 Å². The number of hydrogen-bond donors (Lipinski definition) is 1. The molecule has 6 heteroatoms. The van der Waals surface area contributed by atoms with Crippen LogP contribution in [0.15, 0.2) is 30.3 Å². The molecule has 0 radical (unpaired) electrons. The monoisotopic (exact) mass is 382 g/mol. The zero-order valence-electron chi connectivity index (χ0n) is 13.8. The molecular weight excluding hydrogens is 360 g/mol. The summed E-state index contributed by atoms with van der Waals surface area (Å²) in [5.41, 5.74) is -0.781. The number of nitrogens with one attached hydrogen (secondary N) is 1. The number of carbonyl (C=O) groups excluding carboxylic acids is 2. The van der Waals surface area contributed by atoms with E-state index in [0.29, 0.717) is 12.8 Å². The largest absolute Gasteiger partial charge is 0.444 e. The molecule has 1 N–H and O–H groups in total. The number of para-hydroxylation sites is 1. The SMILES string of the molecule is CC(C)(C)OC(=O)NC1(C(=O)N(Br)c2ccccc2)CCCC1. The minimum Gasteiger partial charge on any atom is -0.444 e. The molecule has 0 bridgehead atoms. The lowest BCUT2D eigenvalue weighted by Crippen LogP contribution is -2.57. The molecule has 0 atom stereocenters. The Morgan fingerprint density at radius 2 is 1.74 bits per heavy atom. The highest BCUT2D eigenvalue weighted by atomic mass is 79.9. The number of ether oxygens (including phenoxy) is 1. The summed E-state index contributed by atoms with van der Waals surface area (Å²) < 4.78 is 6.75. The Balaban J connectivity index is 2.17. The van der Waals surface area contributed by atoms with Gasteiger partial charge in [0.15, 0.2) is 0 Å².